The number of carbonyl (C=O) groups is 2. The summed E-state index contributed by atoms with van der Waals surface area (Å²) in [4.78, 5) is 22.4. The molecule has 0 spiro atoms. The molecule has 0 radical (unpaired) electrons. The molecule has 116 valence electrons. The van der Waals surface area contributed by atoms with Crippen LogP contribution in [0.25, 0.3) is 0 Å². The van der Waals surface area contributed by atoms with Crippen molar-refractivity contribution >= 4 is 23.5 Å². The highest BCUT2D eigenvalue weighted by atomic mass is 16.6. The first kappa shape index (κ1) is 14.4. The second-order valence-electron chi connectivity index (χ2n) is 5.25. The molecule has 3 rings (SSSR count). The number of cyclic esters (lactones) is 2. The van der Waals surface area contributed by atoms with Gasteiger partial charge in [0.15, 0.2) is 0 Å². The third-order valence-corrected chi connectivity index (χ3v) is 3.52. The van der Waals surface area contributed by atoms with Gasteiger partial charge in [0.05, 0.1) is 18.3 Å². The zero-order valence-electron chi connectivity index (χ0n) is 12.0. The van der Waals surface area contributed by atoms with Gasteiger partial charge < -0.3 is 14.8 Å². The quantitative estimate of drug-likeness (QED) is 0.649. The molecule has 1 atom stereocenters. The SMILES string of the molecule is O=C1N[C@@H](Cc2ccc(N/N=C3\CCCOC3=O)cc2)CO1. The normalized spacial score (nSPS) is 22.9. The lowest BCUT2D eigenvalue weighted by molar-refractivity contribution is -0.137. The number of anilines is 1. The Morgan fingerprint density at radius 3 is 2.73 bits per heavy atom. The van der Waals surface area contributed by atoms with Crippen LogP contribution < -0.4 is 10.7 Å². The molecule has 2 aliphatic heterocycles. The van der Waals surface area contributed by atoms with E-state index in [0.29, 0.717) is 31.8 Å². The molecule has 2 saturated heterocycles. The average Bonchev–Trinajstić information content (AvgIpc) is 2.93. The minimum Gasteiger partial charge on any atom is -0.461 e. The highest BCUT2D eigenvalue weighted by molar-refractivity contribution is 6.36. The summed E-state index contributed by atoms with van der Waals surface area (Å²) in [6.07, 6.45) is 1.79. The minimum atomic E-state index is -0.363. The maximum atomic E-state index is 11.5. The Morgan fingerprint density at radius 1 is 1.23 bits per heavy atom. The third-order valence-electron chi connectivity index (χ3n) is 3.52. The first-order valence-corrected chi connectivity index (χ1v) is 7.22. The first-order valence-electron chi connectivity index (χ1n) is 7.22. The number of hydrogen-bond acceptors (Lipinski definition) is 6. The summed E-state index contributed by atoms with van der Waals surface area (Å²) in [5.74, 6) is -0.354. The Balaban J connectivity index is 1.56. The molecule has 22 heavy (non-hydrogen) atoms. The van der Waals surface area contributed by atoms with Crippen LogP contribution in [0.1, 0.15) is 18.4 Å². The smallest absolute Gasteiger partial charge is 0.407 e. The van der Waals surface area contributed by atoms with Crippen LogP contribution >= 0.6 is 0 Å². The molecular weight excluding hydrogens is 286 g/mol. The summed E-state index contributed by atoms with van der Waals surface area (Å²) in [6, 6.07) is 7.68. The number of rotatable bonds is 4. The summed E-state index contributed by atoms with van der Waals surface area (Å²) in [5.41, 5.74) is 5.16. The average molecular weight is 303 g/mol. The van der Waals surface area contributed by atoms with E-state index in [0.717, 1.165) is 17.7 Å². The molecule has 7 heteroatoms. The second kappa shape index (κ2) is 6.46. The minimum absolute atomic E-state index is 0.0172. The van der Waals surface area contributed by atoms with E-state index in [1.807, 2.05) is 24.3 Å². The predicted molar refractivity (Wildman–Crippen MR) is 79.7 cm³/mol. The van der Waals surface area contributed by atoms with Gasteiger partial charge in [-0.25, -0.2) is 9.59 Å². The number of carbonyl (C=O) groups excluding carboxylic acids is 2. The van der Waals surface area contributed by atoms with Gasteiger partial charge in [0, 0.05) is 6.42 Å². The molecule has 2 aliphatic rings. The van der Waals surface area contributed by atoms with Gasteiger partial charge in [0.2, 0.25) is 0 Å². The molecule has 1 aromatic carbocycles. The lowest BCUT2D eigenvalue weighted by Gasteiger charge is -2.13. The van der Waals surface area contributed by atoms with E-state index in [2.05, 4.69) is 15.8 Å². The summed E-state index contributed by atoms with van der Waals surface area (Å²) in [6.45, 7) is 0.864. The zero-order valence-corrected chi connectivity index (χ0v) is 12.0. The summed E-state index contributed by atoms with van der Waals surface area (Å²) >= 11 is 0. The van der Waals surface area contributed by atoms with Crippen LogP contribution in [0, 0.1) is 0 Å². The molecule has 0 bridgehead atoms. The molecule has 2 N–H and O–H groups in total. The van der Waals surface area contributed by atoms with Gasteiger partial charge in [-0.15, -0.1) is 0 Å². The van der Waals surface area contributed by atoms with Crippen LogP contribution in [0.2, 0.25) is 0 Å². The van der Waals surface area contributed by atoms with Gasteiger partial charge >= 0.3 is 12.1 Å². The molecule has 2 fully saturated rings. The Kier molecular flexibility index (Phi) is 4.22. The van der Waals surface area contributed by atoms with Crippen molar-refractivity contribution in [3.63, 3.8) is 0 Å². The van der Waals surface area contributed by atoms with Gasteiger partial charge in [-0.05, 0) is 30.5 Å². The van der Waals surface area contributed by atoms with Crippen LogP contribution in [0.3, 0.4) is 0 Å². The maximum absolute atomic E-state index is 11.5. The van der Waals surface area contributed by atoms with Crippen molar-refractivity contribution in [2.24, 2.45) is 5.10 Å². The second-order valence-corrected chi connectivity index (χ2v) is 5.25. The van der Waals surface area contributed by atoms with E-state index in [1.54, 1.807) is 0 Å². The fraction of sp³-hybridized carbons (Fsp3) is 0.400. The van der Waals surface area contributed by atoms with Crippen molar-refractivity contribution in [3.8, 4) is 0 Å². The van der Waals surface area contributed by atoms with Gasteiger partial charge in [0.25, 0.3) is 0 Å². The molecule has 1 aromatic rings. The van der Waals surface area contributed by atoms with Gasteiger partial charge in [-0.1, -0.05) is 12.1 Å². The van der Waals surface area contributed by atoms with Crippen LogP contribution in [-0.2, 0) is 20.7 Å². The van der Waals surface area contributed by atoms with Crippen molar-refractivity contribution in [2.75, 3.05) is 18.6 Å². The predicted octanol–water partition coefficient (Wildman–Crippen LogP) is 1.44. The Labute approximate surface area is 127 Å². The maximum Gasteiger partial charge on any atom is 0.407 e. The van der Waals surface area contributed by atoms with Crippen LogP contribution in [0.4, 0.5) is 10.5 Å². The Hall–Kier alpha value is -2.57. The lowest BCUT2D eigenvalue weighted by atomic mass is 10.1. The fourth-order valence-corrected chi connectivity index (χ4v) is 2.36. The molecule has 0 aliphatic carbocycles. The number of nitrogens with one attached hydrogen (secondary N) is 2. The summed E-state index contributed by atoms with van der Waals surface area (Å²) < 4.78 is 9.78. The molecule has 1 amide bonds. The molecule has 0 unspecified atom stereocenters. The van der Waals surface area contributed by atoms with Crippen LogP contribution in [-0.4, -0.2) is 37.0 Å². The third kappa shape index (κ3) is 3.55. The number of benzene rings is 1. The number of ether oxygens (including phenoxy) is 2. The van der Waals surface area contributed by atoms with Crippen molar-refractivity contribution in [3.05, 3.63) is 29.8 Å². The van der Waals surface area contributed by atoms with E-state index in [1.165, 1.54) is 0 Å². The van der Waals surface area contributed by atoms with Crippen molar-refractivity contribution in [1.82, 2.24) is 5.32 Å². The van der Waals surface area contributed by atoms with E-state index in [9.17, 15) is 9.59 Å². The van der Waals surface area contributed by atoms with E-state index < -0.39 is 0 Å². The van der Waals surface area contributed by atoms with Crippen molar-refractivity contribution in [2.45, 2.75) is 25.3 Å². The van der Waals surface area contributed by atoms with E-state index in [-0.39, 0.29) is 18.1 Å². The van der Waals surface area contributed by atoms with Gasteiger partial charge in [-0.3, -0.25) is 5.43 Å². The van der Waals surface area contributed by atoms with Crippen LogP contribution in [0.5, 0.6) is 0 Å². The molecule has 0 saturated carbocycles. The largest absolute Gasteiger partial charge is 0.461 e. The highest BCUT2D eigenvalue weighted by Gasteiger charge is 2.22. The highest BCUT2D eigenvalue weighted by Crippen LogP contribution is 2.13. The standard InChI is InChI=1S/C15H17N3O4/c19-14-13(2-1-7-21-14)18-17-11-5-3-10(4-6-11)8-12-9-22-15(20)16-12/h3-6,12,17H,1-2,7-9H2,(H,16,20)/b18-13+/t12-/m0/s1. The number of alkyl carbamates (subject to hydrolysis) is 1. The fourth-order valence-electron chi connectivity index (χ4n) is 2.36. The van der Waals surface area contributed by atoms with Gasteiger partial charge in [-0.2, -0.15) is 5.10 Å². The zero-order chi connectivity index (χ0) is 15.4. The van der Waals surface area contributed by atoms with E-state index >= 15 is 0 Å². The molecule has 7 nitrogen and oxygen atoms in total. The first-order chi connectivity index (χ1) is 10.7. The van der Waals surface area contributed by atoms with E-state index in [4.69, 9.17) is 9.47 Å². The molecule has 0 aromatic heterocycles. The van der Waals surface area contributed by atoms with Gasteiger partial charge in [0.1, 0.15) is 12.3 Å². The number of esters is 1. The lowest BCUT2D eigenvalue weighted by Crippen LogP contribution is -2.28. The summed E-state index contributed by atoms with van der Waals surface area (Å²) in [5, 5.41) is 6.83. The number of hydrogen-bond donors (Lipinski definition) is 2. The molecule has 2 heterocycles. The summed E-state index contributed by atoms with van der Waals surface area (Å²) in [7, 11) is 0. The topological polar surface area (TPSA) is 89.0 Å². The van der Waals surface area contributed by atoms with Crippen molar-refractivity contribution in [1.29, 1.82) is 0 Å². The van der Waals surface area contributed by atoms with Crippen molar-refractivity contribution < 1.29 is 19.1 Å². The van der Waals surface area contributed by atoms with Crippen LogP contribution in [0.15, 0.2) is 29.4 Å². The molecular formula is C15H17N3O4. The number of amides is 1. The number of hydrazone groups is 1. The Bertz CT molecular complexity index is 597. The monoisotopic (exact) mass is 303 g/mol. The number of nitrogens with zero attached hydrogens (tertiary/aromatic N) is 1. The Morgan fingerprint density at radius 2 is 2.05 bits per heavy atom.